The van der Waals surface area contributed by atoms with Gasteiger partial charge in [0.2, 0.25) is 0 Å². The van der Waals surface area contributed by atoms with Crippen LogP contribution in [0.4, 0.5) is 14.6 Å². The first kappa shape index (κ1) is 19.8. The van der Waals surface area contributed by atoms with Crippen molar-refractivity contribution in [3.05, 3.63) is 53.9 Å². The minimum atomic E-state index is -2.71. The zero-order chi connectivity index (χ0) is 20.3. The fourth-order valence-corrected chi connectivity index (χ4v) is 2.96. The minimum absolute atomic E-state index is 0.272. The summed E-state index contributed by atoms with van der Waals surface area (Å²) in [6.45, 7) is 4.12. The molecule has 1 unspecified atom stereocenters. The topological polar surface area (TPSA) is 80.6 Å². The molecule has 9 heteroatoms. The molecule has 0 spiro atoms. The van der Waals surface area contributed by atoms with Gasteiger partial charge in [-0.1, -0.05) is 12.6 Å². The Balaban J connectivity index is 1.66. The monoisotopic (exact) mass is 392 g/mol. The van der Waals surface area contributed by atoms with Gasteiger partial charge in [0.15, 0.2) is 11.5 Å². The lowest BCUT2D eigenvalue weighted by atomic mass is 10.1. The van der Waals surface area contributed by atoms with Gasteiger partial charge in [0, 0.05) is 12.2 Å². The van der Waals surface area contributed by atoms with E-state index < -0.39 is 12.7 Å². The predicted molar refractivity (Wildman–Crippen MR) is 101 cm³/mol. The first-order chi connectivity index (χ1) is 13.4. The summed E-state index contributed by atoms with van der Waals surface area (Å²) in [5, 5.41) is 20.2. The van der Waals surface area contributed by atoms with Gasteiger partial charge in [0.1, 0.15) is 17.7 Å². The number of hydrogen-bond acceptors (Lipinski definition) is 6. The van der Waals surface area contributed by atoms with Crippen molar-refractivity contribution >= 4 is 11.5 Å². The van der Waals surface area contributed by atoms with Crippen molar-refractivity contribution in [2.24, 2.45) is 0 Å². The van der Waals surface area contributed by atoms with Gasteiger partial charge in [0.25, 0.3) is 6.43 Å². The molecule has 0 saturated carbocycles. The lowest BCUT2D eigenvalue weighted by Crippen LogP contribution is -2.25. The number of ether oxygens (including phenoxy) is 2. The number of nitrogens with one attached hydrogen (secondary N) is 2. The molecular formula is C19H22F2N4O3. The Morgan fingerprint density at radius 2 is 2.04 bits per heavy atom. The second kappa shape index (κ2) is 8.41. The second-order valence-electron chi connectivity index (χ2n) is 6.18. The molecular weight excluding hydrogens is 370 g/mol. The van der Waals surface area contributed by atoms with Crippen molar-refractivity contribution in [3.63, 3.8) is 0 Å². The van der Waals surface area contributed by atoms with Crippen molar-refractivity contribution < 1.29 is 23.4 Å². The highest BCUT2D eigenvalue weighted by Gasteiger charge is 2.26. The fraction of sp³-hybridized carbons (Fsp3) is 0.316. The molecule has 1 aliphatic heterocycles. The third-order valence-corrected chi connectivity index (χ3v) is 4.36. The molecule has 0 aliphatic carbocycles. The van der Waals surface area contributed by atoms with Crippen LogP contribution >= 0.6 is 0 Å². The molecule has 3 rings (SSSR count). The van der Waals surface area contributed by atoms with Crippen LogP contribution in [0, 0.1) is 0 Å². The van der Waals surface area contributed by atoms with Crippen LogP contribution in [-0.4, -0.2) is 42.1 Å². The number of nitrogens with zero attached hydrogens (tertiary/aromatic N) is 2. The number of allylic oxidation sites excluding steroid dienone is 2. The third-order valence-electron chi connectivity index (χ3n) is 4.36. The lowest BCUT2D eigenvalue weighted by molar-refractivity contribution is 0.140. The van der Waals surface area contributed by atoms with Gasteiger partial charge in [-0.2, -0.15) is 5.10 Å². The maximum Gasteiger partial charge on any atom is 0.280 e. The quantitative estimate of drug-likeness (QED) is 0.600. The molecule has 1 aromatic carbocycles. The van der Waals surface area contributed by atoms with E-state index in [9.17, 15) is 13.9 Å². The van der Waals surface area contributed by atoms with Crippen molar-refractivity contribution in [2.45, 2.75) is 19.1 Å². The number of benzene rings is 1. The average molecular weight is 392 g/mol. The standard InChI is InChI=1S/C19H22F2N4O3/c1-11-8-14(17(20)21)25-18(24-11)13(10-23-25)19(26)22-7-6-12-4-5-15(27-2)16(9-12)28-3/h4-5,8-10,17,19,22,24,26H,1,6-7H2,2-3H3. The summed E-state index contributed by atoms with van der Waals surface area (Å²) in [6, 6.07) is 5.58. The summed E-state index contributed by atoms with van der Waals surface area (Å²) in [4.78, 5) is 0. The first-order valence-corrected chi connectivity index (χ1v) is 8.61. The van der Waals surface area contributed by atoms with Crippen LogP contribution in [0.3, 0.4) is 0 Å². The summed E-state index contributed by atoms with van der Waals surface area (Å²) < 4.78 is 37.9. The largest absolute Gasteiger partial charge is 0.493 e. The van der Waals surface area contributed by atoms with E-state index in [0.29, 0.717) is 35.7 Å². The van der Waals surface area contributed by atoms with Gasteiger partial charge in [-0.15, -0.1) is 0 Å². The van der Waals surface area contributed by atoms with Crippen molar-refractivity contribution in [1.29, 1.82) is 0 Å². The maximum atomic E-state index is 13.2. The second-order valence-corrected chi connectivity index (χ2v) is 6.18. The number of aliphatic hydroxyl groups excluding tert-OH is 1. The smallest absolute Gasteiger partial charge is 0.280 e. The lowest BCUT2D eigenvalue weighted by Gasteiger charge is -2.21. The Kier molecular flexibility index (Phi) is 5.96. The number of aromatic nitrogens is 2. The van der Waals surface area contributed by atoms with E-state index in [1.54, 1.807) is 14.2 Å². The number of aliphatic hydroxyl groups is 1. The van der Waals surface area contributed by atoms with E-state index in [1.165, 1.54) is 12.3 Å². The number of methoxy groups -OCH3 is 2. The molecule has 0 bridgehead atoms. The highest BCUT2D eigenvalue weighted by Crippen LogP contribution is 2.32. The number of alkyl halides is 2. The molecule has 1 aliphatic rings. The maximum absolute atomic E-state index is 13.2. The number of halogens is 2. The van der Waals surface area contributed by atoms with E-state index in [-0.39, 0.29) is 11.5 Å². The van der Waals surface area contributed by atoms with Crippen LogP contribution in [-0.2, 0) is 6.42 Å². The Bertz CT molecular complexity index is 895. The molecule has 2 heterocycles. The van der Waals surface area contributed by atoms with Crippen LogP contribution in [0.5, 0.6) is 11.5 Å². The average Bonchev–Trinajstić information content (AvgIpc) is 3.10. The molecule has 1 aromatic heterocycles. The highest BCUT2D eigenvalue weighted by atomic mass is 19.3. The zero-order valence-corrected chi connectivity index (χ0v) is 15.6. The molecule has 28 heavy (non-hydrogen) atoms. The van der Waals surface area contributed by atoms with E-state index in [0.717, 1.165) is 10.2 Å². The predicted octanol–water partition coefficient (Wildman–Crippen LogP) is 2.77. The molecule has 0 amide bonds. The van der Waals surface area contributed by atoms with Crippen molar-refractivity contribution in [1.82, 2.24) is 15.1 Å². The highest BCUT2D eigenvalue weighted by molar-refractivity contribution is 5.68. The van der Waals surface area contributed by atoms with Crippen LogP contribution in [0.2, 0.25) is 0 Å². The molecule has 150 valence electrons. The summed E-state index contributed by atoms with van der Waals surface area (Å²) in [5.41, 5.74) is 1.37. The van der Waals surface area contributed by atoms with Crippen LogP contribution < -0.4 is 20.1 Å². The van der Waals surface area contributed by atoms with Crippen LogP contribution in [0.1, 0.15) is 17.4 Å². The summed E-state index contributed by atoms with van der Waals surface area (Å²) in [7, 11) is 3.13. The number of rotatable bonds is 8. The van der Waals surface area contributed by atoms with Gasteiger partial charge in [-0.3, -0.25) is 5.32 Å². The summed E-state index contributed by atoms with van der Waals surface area (Å²) in [5.74, 6) is 1.54. The van der Waals surface area contributed by atoms with E-state index in [2.05, 4.69) is 22.3 Å². The normalized spacial score (nSPS) is 14.4. The molecule has 0 radical (unpaired) electrons. The Morgan fingerprint density at radius 1 is 1.29 bits per heavy atom. The summed E-state index contributed by atoms with van der Waals surface area (Å²) in [6.07, 6.45) is -0.596. The number of anilines is 1. The number of fused-ring (bicyclic) bond motifs is 1. The molecule has 7 nitrogen and oxygen atoms in total. The summed E-state index contributed by atoms with van der Waals surface area (Å²) >= 11 is 0. The van der Waals surface area contributed by atoms with Crippen LogP contribution in [0.15, 0.2) is 42.7 Å². The third kappa shape index (κ3) is 4.00. The number of hydrogen-bond donors (Lipinski definition) is 3. The Labute approximate surface area is 161 Å². The molecule has 0 saturated heterocycles. The first-order valence-electron chi connectivity index (χ1n) is 8.61. The SMILES string of the molecule is C=C1C=C(C(F)F)n2ncc(C(O)NCCc3ccc(OC)c(OC)c3)c2N1. The Morgan fingerprint density at radius 3 is 2.71 bits per heavy atom. The van der Waals surface area contributed by atoms with E-state index in [4.69, 9.17) is 9.47 Å². The van der Waals surface area contributed by atoms with Gasteiger partial charge < -0.3 is 19.9 Å². The Hall–Kier alpha value is -2.91. The minimum Gasteiger partial charge on any atom is -0.493 e. The molecule has 2 aromatic rings. The van der Waals surface area contributed by atoms with E-state index >= 15 is 0 Å². The molecule has 1 atom stereocenters. The van der Waals surface area contributed by atoms with Gasteiger partial charge in [0.05, 0.1) is 26.0 Å². The van der Waals surface area contributed by atoms with Crippen LogP contribution in [0.25, 0.3) is 5.70 Å². The van der Waals surface area contributed by atoms with Crippen molar-refractivity contribution in [3.8, 4) is 11.5 Å². The zero-order valence-electron chi connectivity index (χ0n) is 15.6. The van der Waals surface area contributed by atoms with Gasteiger partial charge in [-0.05, 0) is 30.2 Å². The molecule has 3 N–H and O–H groups in total. The van der Waals surface area contributed by atoms with Crippen molar-refractivity contribution in [2.75, 3.05) is 26.1 Å². The fourth-order valence-electron chi connectivity index (χ4n) is 2.96. The van der Waals surface area contributed by atoms with Gasteiger partial charge in [-0.25, -0.2) is 13.5 Å². The van der Waals surface area contributed by atoms with Gasteiger partial charge >= 0.3 is 0 Å². The van der Waals surface area contributed by atoms with E-state index in [1.807, 2.05) is 18.2 Å². The molecule has 0 fully saturated rings.